The molecule has 4 N–H and O–H groups in total. The van der Waals surface area contributed by atoms with E-state index in [1.807, 2.05) is 24.3 Å². The van der Waals surface area contributed by atoms with Gasteiger partial charge in [0.15, 0.2) is 0 Å². The Hall–Kier alpha value is -3.61. The van der Waals surface area contributed by atoms with Crippen LogP contribution >= 0.6 is 0 Å². The number of rotatable bonds is 5. The van der Waals surface area contributed by atoms with Gasteiger partial charge in [-0.3, -0.25) is 9.59 Å². The molecule has 142 valence electrons. The highest BCUT2D eigenvalue weighted by Crippen LogP contribution is 2.32. The molecule has 2 atom stereocenters. The Bertz CT molecular complexity index is 1070. The van der Waals surface area contributed by atoms with E-state index in [1.165, 1.54) is 0 Å². The van der Waals surface area contributed by atoms with Gasteiger partial charge < -0.3 is 20.7 Å². The molecule has 4 rings (SSSR count). The van der Waals surface area contributed by atoms with Crippen molar-refractivity contribution in [1.82, 2.24) is 10.3 Å². The number of H-pyrrole nitrogens is 1. The number of carbonyl (C=O) groups is 3. The van der Waals surface area contributed by atoms with Crippen LogP contribution in [0, 0.1) is 0 Å². The highest BCUT2D eigenvalue weighted by Gasteiger charge is 2.33. The van der Waals surface area contributed by atoms with Crippen LogP contribution in [-0.4, -0.2) is 33.9 Å². The standard InChI is InChI=1S/C21H19N3O4/c25-19-10-15(14-6-2-4-8-17(14)23-19)20(26)24-18(21(27)28)9-12-11-22-16-7-3-1-5-13(12)16/h1-8,11,15,18,22H,9-10H2,(H,23,25)(H,24,26)(H,27,28)/t15-,18-/m0/s1. The predicted molar refractivity (Wildman–Crippen MR) is 104 cm³/mol. The van der Waals surface area contributed by atoms with Gasteiger partial charge in [-0.25, -0.2) is 4.79 Å². The summed E-state index contributed by atoms with van der Waals surface area (Å²) in [6.07, 6.45) is 1.89. The van der Waals surface area contributed by atoms with E-state index in [1.54, 1.807) is 30.5 Å². The second-order valence-corrected chi connectivity index (χ2v) is 6.86. The van der Waals surface area contributed by atoms with Crippen LogP contribution in [0.3, 0.4) is 0 Å². The first-order valence-electron chi connectivity index (χ1n) is 9.00. The Balaban J connectivity index is 1.56. The second-order valence-electron chi connectivity index (χ2n) is 6.86. The van der Waals surface area contributed by atoms with E-state index < -0.39 is 23.8 Å². The molecule has 7 nitrogen and oxygen atoms in total. The number of carbonyl (C=O) groups excluding carboxylic acids is 2. The minimum Gasteiger partial charge on any atom is -0.480 e. The number of carboxylic acid groups (broad SMARTS) is 1. The number of aromatic amines is 1. The number of anilines is 1. The molecule has 0 saturated heterocycles. The highest BCUT2D eigenvalue weighted by molar-refractivity contribution is 6.01. The molecule has 0 unspecified atom stereocenters. The van der Waals surface area contributed by atoms with Crippen molar-refractivity contribution in [2.45, 2.75) is 24.8 Å². The van der Waals surface area contributed by atoms with Crippen LogP contribution in [0.1, 0.15) is 23.5 Å². The molecular weight excluding hydrogens is 358 g/mol. The number of hydrogen-bond donors (Lipinski definition) is 4. The number of aliphatic carboxylic acids is 1. The fourth-order valence-corrected chi connectivity index (χ4v) is 3.64. The van der Waals surface area contributed by atoms with Gasteiger partial charge in [0.2, 0.25) is 11.8 Å². The Morgan fingerprint density at radius 3 is 2.71 bits per heavy atom. The Morgan fingerprint density at radius 1 is 1.14 bits per heavy atom. The topological polar surface area (TPSA) is 111 Å². The molecule has 1 aromatic heterocycles. The Morgan fingerprint density at radius 2 is 1.89 bits per heavy atom. The first-order chi connectivity index (χ1) is 13.5. The van der Waals surface area contributed by atoms with E-state index >= 15 is 0 Å². The second kappa shape index (κ2) is 7.19. The minimum absolute atomic E-state index is 0.0116. The first kappa shape index (κ1) is 17.8. The van der Waals surface area contributed by atoms with E-state index in [9.17, 15) is 19.5 Å². The van der Waals surface area contributed by atoms with Gasteiger partial charge in [-0.2, -0.15) is 0 Å². The summed E-state index contributed by atoms with van der Waals surface area (Å²) in [6, 6.07) is 13.6. The normalized spacial score (nSPS) is 16.9. The van der Waals surface area contributed by atoms with Gasteiger partial charge in [-0.15, -0.1) is 0 Å². The molecule has 1 aliphatic rings. The molecule has 0 fully saturated rings. The van der Waals surface area contributed by atoms with Crippen molar-refractivity contribution in [3.63, 3.8) is 0 Å². The van der Waals surface area contributed by atoms with Crippen LogP contribution < -0.4 is 10.6 Å². The average Bonchev–Trinajstić information content (AvgIpc) is 3.09. The van der Waals surface area contributed by atoms with Crippen molar-refractivity contribution in [2.75, 3.05) is 5.32 Å². The zero-order chi connectivity index (χ0) is 19.7. The lowest BCUT2D eigenvalue weighted by atomic mass is 9.89. The lowest BCUT2D eigenvalue weighted by Crippen LogP contribution is -2.45. The minimum atomic E-state index is -1.12. The van der Waals surface area contributed by atoms with Gasteiger partial charge in [0.1, 0.15) is 6.04 Å². The third kappa shape index (κ3) is 3.34. The van der Waals surface area contributed by atoms with Crippen LogP contribution in [-0.2, 0) is 20.8 Å². The summed E-state index contributed by atoms with van der Waals surface area (Å²) in [5.41, 5.74) is 2.99. The summed E-state index contributed by atoms with van der Waals surface area (Å²) in [5.74, 6) is -2.56. The summed E-state index contributed by atoms with van der Waals surface area (Å²) in [7, 11) is 0. The first-order valence-corrected chi connectivity index (χ1v) is 9.00. The molecule has 0 radical (unpaired) electrons. The summed E-state index contributed by atoms with van der Waals surface area (Å²) >= 11 is 0. The molecule has 2 amide bonds. The van der Waals surface area contributed by atoms with E-state index in [0.717, 1.165) is 16.5 Å². The SMILES string of the molecule is O=C1C[C@H](C(=O)N[C@@H](Cc2c[nH]c3ccccc23)C(=O)O)c2ccccc2N1. The Labute approximate surface area is 160 Å². The van der Waals surface area contributed by atoms with E-state index in [4.69, 9.17) is 0 Å². The molecule has 2 heterocycles. The maximum absolute atomic E-state index is 12.9. The molecule has 0 saturated carbocycles. The largest absolute Gasteiger partial charge is 0.480 e. The van der Waals surface area contributed by atoms with Crippen LogP contribution in [0.25, 0.3) is 10.9 Å². The molecule has 1 aliphatic heterocycles. The number of para-hydroxylation sites is 2. The van der Waals surface area contributed by atoms with Crippen molar-refractivity contribution < 1.29 is 19.5 Å². The Kier molecular flexibility index (Phi) is 4.57. The molecule has 3 aromatic rings. The smallest absolute Gasteiger partial charge is 0.326 e. The average molecular weight is 377 g/mol. The molecule has 0 aliphatic carbocycles. The summed E-state index contributed by atoms with van der Waals surface area (Å²) < 4.78 is 0. The van der Waals surface area contributed by atoms with E-state index in [0.29, 0.717) is 11.3 Å². The fourth-order valence-electron chi connectivity index (χ4n) is 3.64. The summed E-state index contributed by atoms with van der Waals surface area (Å²) in [4.78, 5) is 39.7. The van der Waals surface area contributed by atoms with Crippen LogP contribution in [0.4, 0.5) is 5.69 Å². The number of nitrogens with one attached hydrogen (secondary N) is 3. The van der Waals surface area contributed by atoms with Gasteiger partial charge in [0.25, 0.3) is 0 Å². The number of aromatic nitrogens is 1. The number of carboxylic acids is 1. The van der Waals surface area contributed by atoms with Gasteiger partial charge >= 0.3 is 5.97 Å². The van der Waals surface area contributed by atoms with E-state index in [-0.39, 0.29) is 18.7 Å². The van der Waals surface area contributed by atoms with Gasteiger partial charge in [0.05, 0.1) is 5.92 Å². The maximum Gasteiger partial charge on any atom is 0.326 e. The van der Waals surface area contributed by atoms with Crippen molar-refractivity contribution in [1.29, 1.82) is 0 Å². The molecule has 0 spiro atoms. The van der Waals surface area contributed by atoms with Crippen LogP contribution in [0.5, 0.6) is 0 Å². The molecule has 0 bridgehead atoms. The summed E-state index contributed by atoms with van der Waals surface area (Å²) in [5, 5.41) is 15.9. The van der Waals surface area contributed by atoms with Gasteiger partial charge in [-0.1, -0.05) is 36.4 Å². The van der Waals surface area contributed by atoms with Crippen molar-refractivity contribution in [2.24, 2.45) is 0 Å². The van der Waals surface area contributed by atoms with Crippen molar-refractivity contribution in [3.05, 3.63) is 65.9 Å². The van der Waals surface area contributed by atoms with Crippen LogP contribution in [0.2, 0.25) is 0 Å². The van der Waals surface area contributed by atoms with Gasteiger partial charge in [-0.05, 0) is 23.3 Å². The van der Waals surface area contributed by atoms with E-state index in [2.05, 4.69) is 15.6 Å². The third-order valence-corrected chi connectivity index (χ3v) is 5.03. The zero-order valence-corrected chi connectivity index (χ0v) is 14.9. The number of benzene rings is 2. The number of fused-ring (bicyclic) bond motifs is 2. The zero-order valence-electron chi connectivity index (χ0n) is 14.9. The maximum atomic E-state index is 12.9. The highest BCUT2D eigenvalue weighted by atomic mass is 16.4. The number of hydrogen-bond acceptors (Lipinski definition) is 3. The molecule has 7 heteroatoms. The quantitative estimate of drug-likeness (QED) is 0.547. The lowest BCUT2D eigenvalue weighted by molar-refractivity contribution is -0.142. The monoisotopic (exact) mass is 377 g/mol. The molecule has 28 heavy (non-hydrogen) atoms. The predicted octanol–water partition coefficient (Wildman–Crippen LogP) is 2.41. The van der Waals surface area contributed by atoms with Gasteiger partial charge in [0, 0.05) is 35.6 Å². The van der Waals surface area contributed by atoms with Crippen molar-refractivity contribution >= 4 is 34.4 Å². The summed E-state index contributed by atoms with van der Waals surface area (Å²) in [6.45, 7) is 0. The van der Waals surface area contributed by atoms with Crippen LogP contribution in [0.15, 0.2) is 54.7 Å². The number of amides is 2. The molecular formula is C21H19N3O4. The fraction of sp³-hybridized carbons (Fsp3) is 0.190. The third-order valence-electron chi connectivity index (χ3n) is 5.03. The van der Waals surface area contributed by atoms with Crippen molar-refractivity contribution in [3.8, 4) is 0 Å². The molecule has 2 aromatic carbocycles. The lowest BCUT2D eigenvalue weighted by Gasteiger charge is -2.26.